The highest BCUT2D eigenvalue weighted by Gasteiger charge is 2.16. The minimum absolute atomic E-state index is 0.0677. The van der Waals surface area contributed by atoms with Crippen LogP contribution in [0.4, 0.5) is 5.69 Å². The van der Waals surface area contributed by atoms with Gasteiger partial charge in [0.25, 0.3) is 5.91 Å². The van der Waals surface area contributed by atoms with Crippen LogP contribution in [0, 0.1) is 11.3 Å². The maximum absolute atomic E-state index is 11.7. The summed E-state index contributed by atoms with van der Waals surface area (Å²) in [6.45, 7) is 2.74. The van der Waals surface area contributed by atoms with Crippen molar-refractivity contribution in [2.24, 2.45) is 0 Å². The highest BCUT2D eigenvalue weighted by Crippen LogP contribution is 2.10. The summed E-state index contributed by atoms with van der Waals surface area (Å²) in [6, 6.07) is 7.05. The summed E-state index contributed by atoms with van der Waals surface area (Å²) in [5.41, 5.74) is 0.864. The van der Waals surface area contributed by atoms with Crippen LogP contribution >= 0.6 is 0 Å². The number of carboxylic acid groups (broad SMARTS) is 1. The van der Waals surface area contributed by atoms with Crippen molar-refractivity contribution in [1.29, 1.82) is 5.26 Å². The van der Waals surface area contributed by atoms with Crippen LogP contribution in [0.5, 0.6) is 0 Å². The van der Waals surface area contributed by atoms with Crippen molar-refractivity contribution in [1.82, 2.24) is 5.32 Å². The SMILES string of the molecule is CC(=O)c1ccc(N/C=C(/C#N)C(=O)NC(C)C(=O)O)cc1. The van der Waals surface area contributed by atoms with E-state index in [4.69, 9.17) is 10.4 Å². The zero-order valence-electron chi connectivity index (χ0n) is 12.1. The molecule has 7 nitrogen and oxygen atoms in total. The number of carbonyl (C=O) groups is 3. The van der Waals surface area contributed by atoms with Crippen molar-refractivity contribution in [3.8, 4) is 6.07 Å². The van der Waals surface area contributed by atoms with E-state index in [0.29, 0.717) is 11.3 Å². The van der Waals surface area contributed by atoms with E-state index in [9.17, 15) is 14.4 Å². The topological polar surface area (TPSA) is 119 Å². The third-order valence-corrected chi connectivity index (χ3v) is 2.76. The number of carbonyl (C=O) groups excluding carboxylic acids is 2. The van der Waals surface area contributed by atoms with Gasteiger partial charge in [-0.3, -0.25) is 14.4 Å². The largest absolute Gasteiger partial charge is 0.480 e. The van der Waals surface area contributed by atoms with Crippen LogP contribution in [0.2, 0.25) is 0 Å². The molecule has 1 atom stereocenters. The quantitative estimate of drug-likeness (QED) is 0.414. The van der Waals surface area contributed by atoms with Crippen LogP contribution in [0.25, 0.3) is 0 Å². The monoisotopic (exact) mass is 301 g/mol. The Morgan fingerprint density at radius 3 is 2.32 bits per heavy atom. The number of rotatable bonds is 6. The van der Waals surface area contributed by atoms with Crippen molar-refractivity contribution in [3.05, 3.63) is 41.6 Å². The molecule has 1 aromatic rings. The molecule has 22 heavy (non-hydrogen) atoms. The van der Waals surface area contributed by atoms with Gasteiger partial charge in [0.15, 0.2) is 5.78 Å². The number of hydrogen-bond acceptors (Lipinski definition) is 5. The fraction of sp³-hybridized carbons (Fsp3) is 0.200. The maximum atomic E-state index is 11.7. The maximum Gasteiger partial charge on any atom is 0.325 e. The fourth-order valence-electron chi connectivity index (χ4n) is 1.44. The summed E-state index contributed by atoms with van der Waals surface area (Å²) in [4.78, 5) is 33.5. The Hall–Kier alpha value is -3.14. The predicted molar refractivity (Wildman–Crippen MR) is 79.0 cm³/mol. The van der Waals surface area contributed by atoms with Gasteiger partial charge in [0.1, 0.15) is 17.7 Å². The Labute approximate surface area is 127 Å². The van der Waals surface area contributed by atoms with Gasteiger partial charge >= 0.3 is 5.97 Å². The molecule has 0 aliphatic carbocycles. The molecule has 7 heteroatoms. The van der Waals surface area contributed by atoms with Gasteiger partial charge in [0.05, 0.1) is 0 Å². The lowest BCUT2D eigenvalue weighted by Crippen LogP contribution is -2.39. The Morgan fingerprint density at radius 2 is 1.86 bits per heavy atom. The van der Waals surface area contributed by atoms with Gasteiger partial charge in [0, 0.05) is 17.5 Å². The molecule has 0 heterocycles. The first kappa shape index (κ1) is 16.9. The van der Waals surface area contributed by atoms with Crippen LogP contribution in [-0.4, -0.2) is 28.8 Å². The van der Waals surface area contributed by atoms with Crippen molar-refractivity contribution >= 4 is 23.3 Å². The number of carboxylic acids is 1. The van der Waals surface area contributed by atoms with Gasteiger partial charge in [-0.2, -0.15) is 5.26 Å². The first-order valence-electron chi connectivity index (χ1n) is 6.36. The van der Waals surface area contributed by atoms with Crippen LogP contribution < -0.4 is 10.6 Å². The number of amides is 1. The molecule has 1 amide bonds. The van der Waals surface area contributed by atoms with Crippen LogP contribution in [0.1, 0.15) is 24.2 Å². The van der Waals surface area contributed by atoms with Gasteiger partial charge in [-0.15, -0.1) is 0 Å². The summed E-state index contributed by atoms with van der Waals surface area (Å²) < 4.78 is 0. The molecule has 0 aliphatic heterocycles. The Kier molecular flexibility index (Phi) is 5.84. The molecule has 1 aromatic carbocycles. The molecule has 0 fully saturated rings. The average molecular weight is 301 g/mol. The Balaban J connectivity index is 2.77. The number of aliphatic carboxylic acids is 1. The summed E-state index contributed by atoms with van der Waals surface area (Å²) in [5.74, 6) is -2.05. The molecule has 1 rings (SSSR count). The standard InChI is InChI=1S/C15H15N3O4/c1-9(15(21)22)18-14(20)12(7-16)8-17-13-5-3-11(4-6-13)10(2)19/h3-6,8-9,17H,1-2H3,(H,18,20)(H,21,22)/b12-8-. The van der Waals surface area contributed by atoms with Crippen molar-refractivity contribution in [3.63, 3.8) is 0 Å². The van der Waals surface area contributed by atoms with Gasteiger partial charge < -0.3 is 15.7 Å². The smallest absolute Gasteiger partial charge is 0.325 e. The molecule has 3 N–H and O–H groups in total. The number of Topliss-reactive ketones (excluding diaryl/α,β-unsaturated/α-hetero) is 1. The van der Waals surface area contributed by atoms with E-state index in [-0.39, 0.29) is 11.4 Å². The number of benzene rings is 1. The third kappa shape index (κ3) is 4.76. The van der Waals surface area contributed by atoms with E-state index in [1.54, 1.807) is 30.3 Å². The van der Waals surface area contributed by atoms with E-state index in [1.807, 2.05) is 0 Å². The number of ketones is 1. The molecule has 0 bridgehead atoms. The van der Waals surface area contributed by atoms with Gasteiger partial charge in [0.2, 0.25) is 0 Å². The number of nitriles is 1. The van der Waals surface area contributed by atoms with E-state index in [2.05, 4.69) is 10.6 Å². The lowest BCUT2D eigenvalue weighted by molar-refractivity contribution is -0.140. The van der Waals surface area contributed by atoms with Gasteiger partial charge in [-0.05, 0) is 38.1 Å². The Morgan fingerprint density at radius 1 is 1.27 bits per heavy atom. The molecular weight excluding hydrogens is 286 g/mol. The normalized spacial score (nSPS) is 12.0. The molecule has 0 spiro atoms. The molecule has 0 aromatic heterocycles. The molecule has 0 radical (unpaired) electrons. The second kappa shape index (κ2) is 7.59. The number of nitrogens with zero attached hydrogens (tertiary/aromatic N) is 1. The van der Waals surface area contributed by atoms with E-state index in [1.165, 1.54) is 20.0 Å². The number of nitrogens with one attached hydrogen (secondary N) is 2. The lowest BCUT2D eigenvalue weighted by Gasteiger charge is -2.08. The first-order valence-corrected chi connectivity index (χ1v) is 6.36. The molecule has 1 unspecified atom stereocenters. The summed E-state index contributed by atoms with van der Waals surface area (Å²) in [6.07, 6.45) is 1.17. The van der Waals surface area contributed by atoms with Gasteiger partial charge in [-0.25, -0.2) is 0 Å². The van der Waals surface area contributed by atoms with Crippen LogP contribution in [0.3, 0.4) is 0 Å². The molecule has 0 aliphatic rings. The van der Waals surface area contributed by atoms with Crippen molar-refractivity contribution in [2.75, 3.05) is 5.32 Å². The first-order chi connectivity index (χ1) is 10.3. The third-order valence-electron chi connectivity index (χ3n) is 2.76. The molecule has 0 saturated heterocycles. The average Bonchev–Trinajstić information content (AvgIpc) is 2.48. The summed E-state index contributed by atoms with van der Waals surface area (Å²) in [7, 11) is 0. The zero-order chi connectivity index (χ0) is 16.7. The summed E-state index contributed by atoms with van der Waals surface area (Å²) in [5, 5.41) is 22.6. The minimum atomic E-state index is -1.20. The number of anilines is 1. The highest BCUT2D eigenvalue weighted by atomic mass is 16.4. The lowest BCUT2D eigenvalue weighted by atomic mass is 10.1. The summed E-state index contributed by atoms with van der Waals surface area (Å²) >= 11 is 0. The van der Waals surface area contributed by atoms with E-state index in [0.717, 1.165) is 0 Å². The number of hydrogen-bond donors (Lipinski definition) is 3. The molecule has 114 valence electrons. The van der Waals surface area contributed by atoms with Gasteiger partial charge in [-0.1, -0.05) is 0 Å². The highest BCUT2D eigenvalue weighted by molar-refractivity contribution is 5.99. The van der Waals surface area contributed by atoms with E-state index < -0.39 is 17.9 Å². The zero-order valence-corrected chi connectivity index (χ0v) is 12.1. The van der Waals surface area contributed by atoms with E-state index >= 15 is 0 Å². The van der Waals surface area contributed by atoms with Crippen molar-refractivity contribution < 1.29 is 19.5 Å². The molecule has 0 saturated carbocycles. The second-order valence-electron chi connectivity index (χ2n) is 4.48. The predicted octanol–water partition coefficient (Wildman–Crippen LogP) is 1.30. The second-order valence-corrected chi connectivity index (χ2v) is 4.48. The van der Waals surface area contributed by atoms with Crippen LogP contribution in [0.15, 0.2) is 36.0 Å². The Bertz CT molecular complexity index is 656. The minimum Gasteiger partial charge on any atom is -0.480 e. The van der Waals surface area contributed by atoms with Crippen molar-refractivity contribution in [2.45, 2.75) is 19.9 Å². The fourth-order valence-corrected chi connectivity index (χ4v) is 1.44. The van der Waals surface area contributed by atoms with Crippen LogP contribution in [-0.2, 0) is 9.59 Å². The molecular formula is C15H15N3O4.